The van der Waals surface area contributed by atoms with Crippen molar-refractivity contribution >= 4 is 0 Å². The van der Waals surface area contributed by atoms with Crippen molar-refractivity contribution in [2.24, 2.45) is 5.92 Å². The van der Waals surface area contributed by atoms with Crippen molar-refractivity contribution in [1.82, 2.24) is 10.2 Å². The van der Waals surface area contributed by atoms with E-state index in [1.54, 1.807) is 0 Å². The molecule has 2 nitrogen and oxygen atoms in total. The van der Waals surface area contributed by atoms with Gasteiger partial charge in [0.25, 0.3) is 0 Å². The Kier molecular flexibility index (Phi) is 7.01. The molecule has 1 N–H and O–H groups in total. The van der Waals surface area contributed by atoms with E-state index in [0.29, 0.717) is 5.54 Å². The number of piperazine rings is 1. The first kappa shape index (κ1) is 17.3. The predicted molar refractivity (Wildman–Crippen MR) is 92.8 cm³/mol. The van der Waals surface area contributed by atoms with Crippen LogP contribution in [0.3, 0.4) is 0 Å². The van der Waals surface area contributed by atoms with Gasteiger partial charge in [-0.1, -0.05) is 52.4 Å². The highest BCUT2D eigenvalue weighted by atomic mass is 15.3. The van der Waals surface area contributed by atoms with Gasteiger partial charge in [-0.25, -0.2) is 0 Å². The van der Waals surface area contributed by atoms with E-state index in [4.69, 9.17) is 0 Å². The van der Waals surface area contributed by atoms with E-state index in [0.717, 1.165) is 12.0 Å². The van der Waals surface area contributed by atoms with Gasteiger partial charge in [-0.3, -0.25) is 4.90 Å². The molecule has 2 atom stereocenters. The zero-order valence-electron chi connectivity index (χ0n) is 14.8. The Morgan fingerprint density at radius 1 is 1.00 bits per heavy atom. The van der Waals surface area contributed by atoms with Crippen LogP contribution in [-0.4, -0.2) is 36.1 Å². The molecule has 1 saturated carbocycles. The van der Waals surface area contributed by atoms with Gasteiger partial charge in [0.15, 0.2) is 0 Å². The van der Waals surface area contributed by atoms with Crippen molar-refractivity contribution in [2.75, 3.05) is 19.6 Å². The number of unbranched alkanes of at least 4 members (excludes halogenated alkanes) is 5. The standard InChI is InChI=1S/C19H38N2/c1-4-6-7-8-9-10-14-21-16-19(3,17-12-13-17)20-15-18(21)11-5-2/h17-18,20H,4-16H2,1-3H3. The van der Waals surface area contributed by atoms with Gasteiger partial charge in [0.05, 0.1) is 0 Å². The number of nitrogens with one attached hydrogen (secondary N) is 1. The summed E-state index contributed by atoms with van der Waals surface area (Å²) in [7, 11) is 0. The van der Waals surface area contributed by atoms with Gasteiger partial charge in [-0.2, -0.15) is 0 Å². The van der Waals surface area contributed by atoms with Gasteiger partial charge >= 0.3 is 0 Å². The van der Waals surface area contributed by atoms with Crippen LogP contribution in [0, 0.1) is 5.92 Å². The second-order valence-corrected chi connectivity index (χ2v) is 7.75. The van der Waals surface area contributed by atoms with E-state index in [9.17, 15) is 0 Å². The van der Waals surface area contributed by atoms with Crippen LogP contribution in [0.1, 0.15) is 85.0 Å². The summed E-state index contributed by atoms with van der Waals surface area (Å²) in [5.74, 6) is 0.951. The van der Waals surface area contributed by atoms with Gasteiger partial charge in [-0.05, 0) is 45.1 Å². The Bertz CT molecular complexity index is 287. The summed E-state index contributed by atoms with van der Waals surface area (Å²) >= 11 is 0. The van der Waals surface area contributed by atoms with E-state index in [1.165, 1.54) is 83.8 Å². The van der Waals surface area contributed by atoms with Crippen molar-refractivity contribution in [3.8, 4) is 0 Å². The molecular weight excluding hydrogens is 256 g/mol. The highest BCUT2D eigenvalue weighted by Gasteiger charge is 2.45. The highest BCUT2D eigenvalue weighted by molar-refractivity contribution is 5.03. The lowest BCUT2D eigenvalue weighted by molar-refractivity contribution is 0.0686. The molecule has 2 unspecified atom stereocenters. The van der Waals surface area contributed by atoms with E-state index >= 15 is 0 Å². The molecule has 2 fully saturated rings. The van der Waals surface area contributed by atoms with Crippen LogP contribution in [-0.2, 0) is 0 Å². The third-order valence-corrected chi connectivity index (χ3v) is 5.69. The van der Waals surface area contributed by atoms with Gasteiger partial charge in [0.2, 0.25) is 0 Å². The maximum atomic E-state index is 3.90. The monoisotopic (exact) mass is 294 g/mol. The second kappa shape index (κ2) is 8.53. The number of hydrogen-bond acceptors (Lipinski definition) is 2. The normalized spacial score (nSPS) is 30.7. The third-order valence-electron chi connectivity index (χ3n) is 5.69. The van der Waals surface area contributed by atoms with Crippen molar-refractivity contribution in [2.45, 2.75) is 96.6 Å². The molecule has 2 heteroatoms. The van der Waals surface area contributed by atoms with Gasteiger partial charge in [0.1, 0.15) is 0 Å². The van der Waals surface area contributed by atoms with Crippen LogP contribution in [0.2, 0.25) is 0 Å². The molecule has 0 spiro atoms. The first-order valence-electron chi connectivity index (χ1n) is 9.68. The highest BCUT2D eigenvalue weighted by Crippen LogP contribution is 2.41. The van der Waals surface area contributed by atoms with E-state index < -0.39 is 0 Å². The zero-order valence-corrected chi connectivity index (χ0v) is 14.8. The lowest BCUT2D eigenvalue weighted by atomic mass is 9.89. The van der Waals surface area contributed by atoms with E-state index in [2.05, 4.69) is 31.0 Å². The Morgan fingerprint density at radius 2 is 1.71 bits per heavy atom. The fourth-order valence-electron chi connectivity index (χ4n) is 4.06. The average Bonchev–Trinajstić information content (AvgIpc) is 3.31. The lowest BCUT2D eigenvalue weighted by Crippen LogP contribution is -2.64. The second-order valence-electron chi connectivity index (χ2n) is 7.75. The first-order valence-corrected chi connectivity index (χ1v) is 9.68. The van der Waals surface area contributed by atoms with Gasteiger partial charge in [0, 0.05) is 24.7 Å². The summed E-state index contributed by atoms with van der Waals surface area (Å²) in [5, 5.41) is 3.90. The smallest absolute Gasteiger partial charge is 0.0309 e. The first-order chi connectivity index (χ1) is 10.2. The van der Waals surface area contributed by atoms with Crippen LogP contribution in [0.5, 0.6) is 0 Å². The Balaban J connectivity index is 1.74. The van der Waals surface area contributed by atoms with Crippen molar-refractivity contribution < 1.29 is 0 Å². The van der Waals surface area contributed by atoms with Crippen LogP contribution >= 0.6 is 0 Å². The summed E-state index contributed by atoms with van der Waals surface area (Å²) in [6.45, 7) is 10.9. The Labute approximate surface area is 133 Å². The third kappa shape index (κ3) is 5.25. The Hall–Kier alpha value is -0.0800. The number of hydrogen-bond donors (Lipinski definition) is 1. The SMILES string of the molecule is CCCCCCCCN1CC(C)(C2CC2)NCC1CCC. The molecule has 1 saturated heterocycles. The van der Waals surface area contributed by atoms with Crippen LogP contribution in [0.25, 0.3) is 0 Å². The maximum Gasteiger partial charge on any atom is 0.0309 e. The van der Waals surface area contributed by atoms with Crippen LogP contribution in [0.15, 0.2) is 0 Å². The van der Waals surface area contributed by atoms with Crippen molar-refractivity contribution in [1.29, 1.82) is 0 Å². The largest absolute Gasteiger partial charge is 0.308 e. The van der Waals surface area contributed by atoms with Crippen molar-refractivity contribution in [3.05, 3.63) is 0 Å². The maximum absolute atomic E-state index is 3.90. The fraction of sp³-hybridized carbons (Fsp3) is 1.00. The molecule has 0 aromatic carbocycles. The van der Waals surface area contributed by atoms with Gasteiger partial charge < -0.3 is 5.32 Å². The molecule has 124 valence electrons. The summed E-state index contributed by atoms with van der Waals surface area (Å²) < 4.78 is 0. The van der Waals surface area contributed by atoms with Crippen LogP contribution < -0.4 is 5.32 Å². The fourth-order valence-corrected chi connectivity index (χ4v) is 4.06. The zero-order chi connectivity index (χ0) is 15.1. The molecule has 0 amide bonds. The molecule has 21 heavy (non-hydrogen) atoms. The van der Waals surface area contributed by atoms with Gasteiger partial charge in [-0.15, -0.1) is 0 Å². The lowest BCUT2D eigenvalue weighted by Gasteiger charge is -2.47. The van der Waals surface area contributed by atoms with E-state index in [-0.39, 0.29) is 0 Å². The molecule has 0 bridgehead atoms. The summed E-state index contributed by atoms with van der Waals surface area (Å²) in [5.41, 5.74) is 0.409. The summed E-state index contributed by atoms with van der Waals surface area (Å²) in [6.07, 6.45) is 14.1. The minimum atomic E-state index is 0.409. The number of nitrogens with zero attached hydrogens (tertiary/aromatic N) is 1. The van der Waals surface area contributed by atoms with Crippen molar-refractivity contribution in [3.63, 3.8) is 0 Å². The Morgan fingerprint density at radius 3 is 2.38 bits per heavy atom. The summed E-state index contributed by atoms with van der Waals surface area (Å²) in [6, 6.07) is 0.789. The minimum absolute atomic E-state index is 0.409. The quantitative estimate of drug-likeness (QED) is 0.593. The molecule has 1 aliphatic heterocycles. The molecular formula is C19H38N2. The molecule has 2 aliphatic rings. The topological polar surface area (TPSA) is 15.3 Å². The molecule has 0 aromatic rings. The number of rotatable bonds is 10. The minimum Gasteiger partial charge on any atom is -0.308 e. The van der Waals surface area contributed by atoms with Crippen LogP contribution in [0.4, 0.5) is 0 Å². The summed E-state index contributed by atoms with van der Waals surface area (Å²) in [4.78, 5) is 2.83. The molecule has 1 heterocycles. The molecule has 1 aliphatic carbocycles. The molecule has 2 rings (SSSR count). The predicted octanol–water partition coefficient (Wildman–Crippen LogP) is 4.59. The van der Waals surface area contributed by atoms with E-state index in [1.807, 2.05) is 0 Å². The molecule has 0 radical (unpaired) electrons. The average molecular weight is 295 g/mol. The molecule has 0 aromatic heterocycles.